The highest BCUT2D eigenvalue weighted by molar-refractivity contribution is 5.78. The minimum Gasteiger partial charge on any atom is -0.353 e. The van der Waals surface area contributed by atoms with Crippen molar-refractivity contribution in [3.8, 4) is 0 Å². The summed E-state index contributed by atoms with van der Waals surface area (Å²) in [5, 5.41) is 3.08. The molecule has 3 rings (SSSR count). The largest absolute Gasteiger partial charge is 0.353 e. The van der Waals surface area contributed by atoms with Gasteiger partial charge in [-0.2, -0.15) is 0 Å². The molecular formula is C21H33N3O. The first-order valence-electron chi connectivity index (χ1n) is 9.86. The molecule has 1 aromatic rings. The van der Waals surface area contributed by atoms with Crippen LogP contribution in [-0.2, 0) is 11.3 Å². The average molecular weight is 344 g/mol. The van der Waals surface area contributed by atoms with E-state index >= 15 is 0 Å². The lowest BCUT2D eigenvalue weighted by molar-refractivity contribution is -0.123. The second kappa shape index (κ2) is 8.33. The van der Waals surface area contributed by atoms with Crippen molar-refractivity contribution >= 4 is 5.91 Å². The molecule has 2 aliphatic heterocycles. The molecule has 138 valence electrons. The maximum atomic E-state index is 12.1. The maximum Gasteiger partial charge on any atom is 0.234 e. The fourth-order valence-electron chi connectivity index (χ4n) is 4.22. The van der Waals surface area contributed by atoms with Gasteiger partial charge in [-0.05, 0) is 63.2 Å². The van der Waals surface area contributed by atoms with Crippen molar-refractivity contribution in [2.24, 2.45) is 5.41 Å². The summed E-state index contributed by atoms with van der Waals surface area (Å²) in [5.41, 5.74) is 1.90. The molecule has 0 aromatic heterocycles. The number of benzene rings is 1. The Labute approximate surface area is 152 Å². The van der Waals surface area contributed by atoms with Crippen LogP contribution >= 0.6 is 0 Å². The third kappa shape index (κ3) is 5.05. The maximum absolute atomic E-state index is 12.1. The number of piperidine rings is 1. The number of carbonyl (C=O) groups excluding carboxylic acids is 1. The van der Waals surface area contributed by atoms with E-state index in [2.05, 4.69) is 59.3 Å². The predicted molar refractivity (Wildman–Crippen MR) is 102 cm³/mol. The second-order valence-electron chi connectivity index (χ2n) is 8.10. The van der Waals surface area contributed by atoms with Crippen molar-refractivity contribution < 1.29 is 4.79 Å². The fraction of sp³-hybridized carbons (Fsp3) is 0.667. The summed E-state index contributed by atoms with van der Waals surface area (Å²) in [4.78, 5) is 17.0. The molecule has 1 aromatic carbocycles. The van der Waals surface area contributed by atoms with E-state index in [1.165, 1.54) is 37.9 Å². The quantitative estimate of drug-likeness (QED) is 0.863. The highest BCUT2D eigenvalue weighted by Gasteiger charge is 2.40. The zero-order chi connectivity index (χ0) is 17.7. The van der Waals surface area contributed by atoms with Gasteiger partial charge >= 0.3 is 0 Å². The highest BCUT2D eigenvalue weighted by atomic mass is 16.2. The van der Waals surface area contributed by atoms with Gasteiger partial charge in [0, 0.05) is 19.1 Å². The van der Waals surface area contributed by atoms with E-state index in [9.17, 15) is 4.79 Å². The van der Waals surface area contributed by atoms with Crippen LogP contribution in [0.15, 0.2) is 30.3 Å². The first-order chi connectivity index (χ1) is 12.1. The van der Waals surface area contributed by atoms with Gasteiger partial charge in [-0.3, -0.25) is 14.6 Å². The summed E-state index contributed by atoms with van der Waals surface area (Å²) in [6.45, 7) is 10.4. The molecule has 2 aliphatic rings. The minimum atomic E-state index is 0.183. The molecule has 2 saturated heterocycles. The Hall–Kier alpha value is -1.39. The van der Waals surface area contributed by atoms with E-state index in [-0.39, 0.29) is 11.9 Å². The van der Waals surface area contributed by atoms with Gasteiger partial charge in [-0.25, -0.2) is 0 Å². The summed E-state index contributed by atoms with van der Waals surface area (Å²) in [6, 6.07) is 11.1. The molecule has 0 radical (unpaired) electrons. The minimum absolute atomic E-state index is 0.183. The molecule has 0 aliphatic carbocycles. The Morgan fingerprint density at radius 1 is 1.12 bits per heavy atom. The summed E-state index contributed by atoms with van der Waals surface area (Å²) < 4.78 is 0. The molecule has 2 fully saturated rings. The monoisotopic (exact) mass is 343 g/mol. The Bertz CT molecular complexity index is 552. The van der Waals surface area contributed by atoms with Gasteiger partial charge in [0.2, 0.25) is 5.91 Å². The lowest BCUT2D eigenvalue weighted by Gasteiger charge is -2.39. The molecule has 1 unspecified atom stereocenters. The zero-order valence-electron chi connectivity index (χ0n) is 15.8. The fourth-order valence-corrected chi connectivity index (χ4v) is 4.22. The Kier molecular flexibility index (Phi) is 6.13. The van der Waals surface area contributed by atoms with Gasteiger partial charge in [0.15, 0.2) is 0 Å². The van der Waals surface area contributed by atoms with E-state index in [4.69, 9.17) is 0 Å². The molecule has 1 atom stereocenters. The van der Waals surface area contributed by atoms with Crippen LogP contribution in [0.2, 0.25) is 0 Å². The van der Waals surface area contributed by atoms with Gasteiger partial charge in [0.25, 0.3) is 0 Å². The number of nitrogens with one attached hydrogen (secondary N) is 1. The number of carbonyl (C=O) groups is 1. The molecule has 1 spiro atoms. The lowest BCUT2D eigenvalue weighted by atomic mass is 9.78. The Morgan fingerprint density at radius 2 is 1.76 bits per heavy atom. The third-order valence-electron chi connectivity index (χ3n) is 6.07. The van der Waals surface area contributed by atoms with E-state index in [0.717, 1.165) is 26.1 Å². The number of hydrogen-bond acceptors (Lipinski definition) is 3. The lowest BCUT2D eigenvalue weighted by Crippen LogP contribution is -2.46. The third-order valence-corrected chi connectivity index (χ3v) is 6.07. The summed E-state index contributed by atoms with van der Waals surface area (Å²) >= 11 is 0. The molecule has 25 heavy (non-hydrogen) atoms. The molecule has 4 nitrogen and oxygen atoms in total. The first kappa shape index (κ1) is 18.4. The first-order valence-corrected chi connectivity index (χ1v) is 9.86. The second-order valence-corrected chi connectivity index (χ2v) is 8.10. The van der Waals surface area contributed by atoms with Crippen LogP contribution in [0.25, 0.3) is 0 Å². The van der Waals surface area contributed by atoms with Gasteiger partial charge in [0.05, 0.1) is 6.54 Å². The molecule has 1 amide bonds. The number of nitrogens with zero attached hydrogens (tertiary/aromatic N) is 2. The molecule has 4 heteroatoms. The van der Waals surface area contributed by atoms with Crippen LogP contribution in [0.1, 0.15) is 45.1 Å². The van der Waals surface area contributed by atoms with Gasteiger partial charge < -0.3 is 5.32 Å². The molecule has 2 heterocycles. The van der Waals surface area contributed by atoms with Crippen LogP contribution < -0.4 is 5.32 Å². The van der Waals surface area contributed by atoms with Crippen LogP contribution in [0.5, 0.6) is 0 Å². The van der Waals surface area contributed by atoms with Crippen LogP contribution in [-0.4, -0.2) is 54.5 Å². The van der Waals surface area contributed by atoms with Gasteiger partial charge in [-0.1, -0.05) is 37.3 Å². The van der Waals surface area contributed by atoms with Gasteiger partial charge in [-0.15, -0.1) is 0 Å². The predicted octanol–water partition coefficient (Wildman–Crippen LogP) is 2.89. The van der Waals surface area contributed by atoms with Crippen molar-refractivity contribution in [3.05, 3.63) is 35.9 Å². The van der Waals surface area contributed by atoms with Crippen molar-refractivity contribution in [3.63, 3.8) is 0 Å². The van der Waals surface area contributed by atoms with Crippen LogP contribution in [0.3, 0.4) is 0 Å². The number of amides is 1. The normalized spacial score (nSPS) is 22.2. The van der Waals surface area contributed by atoms with E-state index < -0.39 is 0 Å². The van der Waals surface area contributed by atoms with E-state index in [1.807, 2.05) is 0 Å². The van der Waals surface area contributed by atoms with E-state index in [0.29, 0.717) is 12.0 Å². The highest BCUT2D eigenvalue weighted by Crippen LogP contribution is 2.40. The van der Waals surface area contributed by atoms with Gasteiger partial charge in [0.1, 0.15) is 0 Å². The summed E-state index contributed by atoms with van der Waals surface area (Å²) in [6.07, 6.45) is 4.77. The zero-order valence-corrected chi connectivity index (χ0v) is 15.8. The number of rotatable bonds is 6. The number of hydrogen-bond donors (Lipinski definition) is 1. The SMILES string of the molecule is CCC(C)NC(=O)CN1CCC2(CC1)CCN(Cc1ccccc1)C2. The van der Waals surface area contributed by atoms with Crippen molar-refractivity contribution in [1.29, 1.82) is 0 Å². The van der Waals surface area contributed by atoms with E-state index in [1.54, 1.807) is 0 Å². The molecular weight excluding hydrogens is 310 g/mol. The topological polar surface area (TPSA) is 35.6 Å². The van der Waals surface area contributed by atoms with Crippen molar-refractivity contribution in [2.45, 2.75) is 52.1 Å². The average Bonchev–Trinajstić information content (AvgIpc) is 3.00. The van der Waals surface area contributed by atoms with Crippen molar-refractivity contribution in [1.82, 2.24) is 15.1 Å². The Balaban J connectivity index is 1.43. The Morgan fingerprint density at radius 3 is 2.40 bits per heavy atom. The molecule has 1 N–H and O–H groups in total. The number of likely N-dealkylation sites (tertiary alicyclic amines) is 2. The summed E-state index contributed by atoms with van der Waals surface area (Å²) in [5.74, 6) is 0.183. The van der Waals surface area contributed by atoms with Crippen LogP contribution in [0, 0.1) is 5.41 Å². The standard InChI is InChI=1S/C21H33N3O/c1-3-18(2)22-20(25)16-23-12-9-21(10-13-23)11-14-24(17-21)15-19-7-5-4-6-8-19/h4-8,18H,3,9-17H2,1-2H3,(H,22,25). The molecule has 0 saturated carbocycles. The van der Waals surface area contributed by atoms with Crippen LogP contribution in [0.4, 0.5) is 0 Å². The smallest absolute Gasteiger partial charge is 0.234 e. The van der Waals surface area contributed by atoms with Crippen molar-refractivity contribution in [2.75, 3.05) is 32.7 Å². The summed E-state index contributed by atoms with van der Waals surface area (Å²) in [7, 11) is 0. The molecule has 0 bridgehead atoms.